The summed E-state index contributed by atoms with van der Waals surface area (Å²) in [5.74, 6) is 0.364. The van der Waals surface area contributed by atoms with Crippen LogP contribution in [0.3, 0.4) is 0 Å². The predicted octanol–water partition coefficient (Wildman–Crippen LogP) is 2.95. The average Bonchev–Trinajstić information content (AvgIpc) is 2.70. The minimum Gasteiger partial charge on any atom is -0.352 e. The molecule has 1 saturated heterocycles. The first-order valence-corrected chi connectivity index (χ1v) is 11.1. The van der Waals surface area contributed by atoms with Gasteiger partial charge in [-0.1, -0.05) is 30.3 Å². The maximum absolute atomic E-state index is 12.6. The second kappa shape index (κ2) is 9.21. The Hall–Kier alpha value is -2.38. The van der Waals surface area contributed by atoms with Gasteiger partial charge in [-0.15, -0.1) is 0 Å². The van der Waals surface area contributed by atoms with E-state index in [-0.39, 0.29) is 16.5 Å². The number of hydrogen-bond acceptors (Lipinski definition) is 4. The minimum atomic E-state index is -3.75. The highest BCUT2D eigenvalue weighted by molar-refractivity contribution is 7.92. The van der Waals surface area contributed by atoms with Crippen LogP contribution in [-0.4, -0.2) is 45.9 Å². The van der Waals surface area contributed by atoms with Gasteiger partial charge in [-0.2, -0.15) is 0 Å². The number of benzene rings is 2. The van der Waals surface area contributed by atoms with E-state index in [1.165, 1.54) is 12.1 Å². The standard InChI is InChI=1S/C21H27N3O3S/c1-24-15-12-17(13-16-24)11-14-22-21(25)19-9-5-6-10-20(19)23-28(26,27)18-7-3-2-4-8-18/h2-10,17,23H,11-16H2,1H3,(H,22,25). The van der Waals surface area contributed by atoms with Crippen LogP contribution < -0.4 is 10.0 Å². The molecule has 0 atom stereocenters. The van der Waals surface area contributed by atoms with Crippen LogP contribution in [0.15, 0.2) is 59.5 Å². The van der Waals surface area contributed by atoms with E-state index in [1.54, 1.807) is 42.5 Å². The van der Waals surface area contributed by atoms with E-state index < -0.39 is 10.0 Å². The molecule has 28 heavy (non-hydrogen) atoms. The largest absolute Gasteiger partial charge is 0.352 e. The van der Waals surface area contributed by atoms with Crippen LogP contribution in [0.4, 0.5) is 5.69 Å². The SMILES string of the molecule is CN1CCC(CCNC(=O)c2ccccc2NS(=O)(=O)c2ccccc2)CC1. The van der Waals surface area contributed by atoms with Crippen molar-refractivity contribution < 1.29 is 13.2 Å². The maximum atomic E-state index is 12.6. The highest BCUT2D eigenvalue weighted by atomic mass is 32.2. The third-order valence-corrected chi connectivity index (χ3v) is 6.53. The summed E-state index contributed by atoms with van der Waals surface area (Å²) in [5, 5.41) is 2.94. The summed E-state index contributed by atoms with van der Waals surface area (Å²) in [5.41, 5.74) is 0.605. The van der Waals surface area contributed by atoms with Gasteiger partial charge in [0.05, 0.1) is 16.1 Å². The Balaban J connectivity index is 1.62. The second-order valence-electron chi connectivity index (χ2n) is 7.26. The molecule has 0 aromatic heterocycles. The number of carbonyl (C=O) groups excluding carboxylic acids is 1. The Morgan fingerprint density at radius 2 is 1.68 bits per heavy atom. The molecule has 2 aromatic carbocycles. The smallest absolute Gasteiger partial charge is 0.261 e. The van der Waals surface area contributed by atoms with Crippen molar-refractivity contribution in [3.63, 3.8) is 0 Å². The first-order chi connectivity index (χ1) is 13.5. The Morgan fingerprint density at radius 3 is 2.39 bits per heavy atom. The first kappa shape index (κ1) is 20.4. The Bertz CT molecular complexity index is 892. The van der Waals surface area contributed by atoms with Gasteiger partial charge in [0.2, 0.25) is 0 Å². The number of likely N-dealkylation sites (tertiary alicyclic amines) is 1. The van der Waals surface area contributed by atoms with E-state index >= 15 is 0 Å². The van der Waals surface area contributed by atoms with Gasteiger partial charge in [-0.25, -0.2) is 8.42 Å². The van der Waals surface area contributed by atoms with Gasteiger partial charge in [0.15, 0.2) is 0 Å². The summed E-state index contributed by atoms with van der Waals surface area (Å²) in [6.45, 7) is 2.79. The van der Waals surface area contributed by atoms with E-state index in [9.17, 15) is 13.2 Å². The normalized spacial score (nSPS) is 15.9. The van der Waals surface area contributed by atoms with E-state index in [0.717, 1.165) is 32.4 Å². The summed E-state index contributed by atoms with van der Waals surface area (Å²) in [6.07, 6.45) is 3.25. The molecular formula is C21H27N3O3S. The summed E-state index contributed by atoms with van der Waals surface area (Å²) >= 11 is 0. The molecule has 0 spiro atoms. The van der Waals surface area contributed by atoms with Gasteiger partial charge in [0.1, 0.15) is 0 Å². The van der Waals surface area contributed by atoms with E-state index in [2.05, 4.69) is 22.0 Å². The number of amides is 1. The third kappa shape index (κ3) is 5.33. The first-order valence-electron chi connectivity index (χ1n) is 9.59. The molecule has 150 valence electrons. The van der Waals surface area contributed by atoms with Gasteiger partial charge in [-0.3, -0.25) is 9.52 Å². The molecule has 2 aromatic rings. The highest BCUT2D eigenvalue weighted by Gasteiger charge is 2.19. The molecule has 1 fully saturated rings. The molecule has 1 aliphatic heterocycles. The number of hydrogen-bond donors (Lipinski definition) is 2. The van der Waals surface area contributed by atoms with Crippen LogP contribution in [0.1, 0.15) is 29.6 Å². The summed E-state index contributed by atoms with van der Waals surface area (Å²) in [6, 6.07) is 14.8. The van der Waals surface area contributed by atoms with Gasteiger partial charge in [0.25, 0.3) is 15.9 Å². The highest BCUT2D eigenvalue weighted by Crippen LogP contribution is 2.21. The van der Waals surface area contributed by atoms with Crippen molar-refractivity contribution in [3.05, 3.63) is 60.2 Å². The van der Waals surface area contributed by atoms with Crippen molar-refractivity contribution in [1.29, 1.82) is 0 Å². The lowest BCUT2D eigenvalue weighted by Crippen LogP contribution is -2.33. The number of sulfonamides is 1. The third-order valence-electron chi connectivity index (χ3n) is 5.15. The van der Waals surface area contributed by atoms with Crippen LogP contribution in [0.2, 0.25) is 0 Å². The monoisotopic (exact) mass is 401 g/mol. The quantitative estimate of drug-likeness (QED) is 0.748. The number of nitrogens with one attached hydrogen (secondary N) is 2. The van der Waals surface area contributed by atoms with Crippen LogP contribution in [0.5, 0.6) is 0 Å². The van der Waals surface area contributed by atoms with Crippen molar-refractivity contribution >= 4 is 21.6 Å². The topological polar surface area (TPSA) is 78.5 Å². The van der Waals surface area contributed by atoms with E-state index in [0.29, 0.717) is 18.0 Å². The second-order valence-corrected chi connectivity index (χ2v) is 8.94. The molecule has 1 heterocycles. The van der Waals surface area contributed by atoms with Crippen LogP contribution in [-0.2, 0) is 10.0 Å². The molecule has 1 amide bonds. The van der Waals surface area contributed by atoms with Crippen molar-refractivity contribution in [3.8, 4) is 0 Å². The number of para-hydroxylation sites is 1. The van der Waals surface area contributed by atoms with Crippen LogP contribution in [0, 0.1) is 5.92 Å². The molecule has 0 bridgehead atoms. The summed E-state index contributed by atoms with van der Waals surface area (Å²) in [4.78, 5) is 15.1. The van der Waals surface area contributed by atoms with Crippen molar-refractivity contribution in [1.82, 2.24) is 10.2 Å². The summed E-state index contributed by atoms with van der Waals surface area (Å²) in [7, 11) is -1.62. The molecule has 0 radical (unpaired) electrons. The van der Waals surface area contributed by atoms with E-state index in [4.69, 9.17) is 0 Å². The fraction of sp³-hybridized carbons (Fsp3) is 0.381. The average molecular weight is 402 g/mol. The Kier molecular flexibility index (Phi) is 6.70. The fourth-order valence-corrected chi connectivity index (χ4v) is 4.51. The van der Waals surface area contributed by atoms with Crippen LogP contribution in [0.25, 0.3) is 0 Å². The van der Waals surface area contributed by atoms with Gasteiger partial charge in [-0.05, 0) is 69.6 Å². The number of nitrogens with zero attached hydrogens (tertiary/aromatic N) is 1. The zero-order valence-electron chi connectivity index (χ0n) is 16.1. The molecule has 3 rings (SSSR count). The molecule has 1 aliphatic rings. The fourth-order valence-electron chi connectivity index (χ4n) is 3.41. The number of piperidine rings is 1. The van der Waals surface area contributed by atoms with Crippen molar-refractivity contribution in [2.24, 2.45) is 5.92 Å². The zero-order valence-corrected chi connectivity index (χ0v) is 16.9. The van der Waals surface area contributed by atoms with Crippen molar-refractivity contribution in [2.75, 3.05) is 31.4 Å². The molecule has 6 nitrogen and oxygen atoms in total. The molecule has 2 N–H and O–H groups in total. The molecule has 7 heteroatoms. The maximum Gasteiger partial charge on any atom is 0.261 e. The van der Waals surface area contributed by atoms with Gasteiger partial charge >= 0.3 is 0 Å². The molecule has 0 saturated carbocycles. The van der Waals surface area contributed by atoms with E-state index in [1.807, 2.05) is 0 Å². The molecular weight excluding hydrogens is 374 g/mol. The lowest BCUT2D eigenvalue weighted by atomic mass is 9.94. The lowest BCUT2D eigenvalue weighted by molar-refractivity contribution is 0.0950. The number of rotatable bonds is 7. The zero-order chi connectivity index (χ0) is 20.0. The predicted molar refractivity (Wildman–Crippen MR) is 111 cm³/mol. The number of anilines is 1. The van der Waals surface area contributed by atoms with Crippen molar-refractivity contribution in [2.45, 2.75) is 24.2 Å². The lowest BCUT2D eigenvalue weighted by Gasteiger charge is -2.28. The van der Waals surface area contributed by atoms with Crippen LogP contribution >= 0.6 is 0 Å². The number of carbonyl (C=O) groups is 1. The Labute approximate surface area is 167 Å². The van der Waals surface area contributed by atoms with Gasteiger partial charge < -0.3 is 10.2 Å². The summed E-state index contributed by atoms with van der Waals surface area (Å²) < 4.78 is 27.7. The molecule has 0 aliphatic carbocycles. The Morgan fingerprint density at radius 1 is 1.04 bits per heavy atom. The van der Waals surface area contributed by atoms with Gasteiger partial charge in [0, 0.05) is 6.54 Å². The minimum absolute atomic E-state index is 0.160. The molecule has 0 unspecified atom stereocenters.